The van der Waals surface area contributed by atoms with Crippen molar-refractivity contribution >= 4 is 13.7 Å². The first-order valence-electron chi connectivity index (χ1n) is 28.1. The van der Waals surface area contributed by atoms with Crippen molar-refractivity contribution in [1.29, 1.82) is 0 Å². The fraction of sp³-hybridized carbons (Fsp3) is 0.717. The maximum atomic E-state index is 12.9. The van der Waals surface area contributed by atoms with Crippen molar-refractivity contribution in [3.63, 3.8) is 0 Å². The molecule has 0 rings (SSSR count). The number of aliphatic hydroxyl groups excluding tert-OH is 1. The third-order valence-corrected chi connectivity index (χ3v) is 13.0. The van der Waals surface area contributed by atoms with E-state index in [4.69, 9.17) is 9.05 Å². The third-order valence-electron chi connectivity index (χ3n) is 12.1. The van der Waals surface area contributed by atoms with E-state index in [9.17, 15) is 19.4 Å². The monoisotopic (exact) mass is 984 g/mol. The van der Waals surface area contributed by atoms with Gasteiger partial charge in [-0.05, 0) is 77.0 Å². The van der Waals surface area contributed by atoms with Crippen molar-refractivity contribution in [1.82, 2.24) is 5.32 Å². The second-order valence-corrected chi connectivity index (χ2v) is 21.4. The lowest BCUT2D eigenvalue weighted by Crippen LogP contribution is -2.45. The van der Waals surface area contributed by atoms with Crippen LogP contribution >= 0.6 is 7.82 Å². The number of unbranched alkanes of at least 4 members (excludes halogenated alkanes) is 23. The van der Waals surface area contributed by atoms with E-state index in [1.165, 1.54) is 122 Å². The van der Waals surface area contributed by atoms with E-state index in [2.05, 4.69) is 104 Å². The minimum atomic E-state index is -4.35. The molecule has 0 fully saturated rings. The number of likely N-dealkylation sites (N-methyl/N-ethyl adjacent to an activating group) is 1. The lowest BCUT2D eigenvalue weighted by Gasteiger charge is -2.25. The Morgan fingerprint density at radius 2 is 0.870 bits per heavy atom. The molecule has 0 saturated carbocycles. The summed E-state index contributed by atoms with van der Waals surface area (Å²) in [5, 5.41) is 13.9. The van der Waals surface area contributed by atoms with Gasteiger partial charge in [-0.1, -0.05) is 239 Å². The van der Waals surface area contributed by atoms with Gasteiger partial charge in [-0.2, -0.15) is 0 Å². The Bertz CT molecular complexity index is 1440. The molecule has 0 aromatic heterocycles. The van der Waals surface area contributed by atoms with E-state index >= 15 is 0 Å². The summed E-state index contributed by atoms with van der Waals surface area (Å²) in [7, 11) is 1.56. The highest BCUT2D eigenvalue weighted by Crippen LogP contribution is 2.43. The highest BCUT2D eigenvalue weighted by molar-refractivity contribution is 7.47. The SMILES string of the molecule is CC/C=C\C/C=C\C/C=C\C/C=C\C/C=C\C/C=C\C/C=C\CCCCCCCCCCCCCCCC(=O)NC(COP(=O)(O)OCC[N+](C)(C)C)C(O)/C=C/CCCCCCCCCCCC. The maximum absolute atomic E-state index is 12.9. The second kappa shape index (κ2) is 50.4. The van der Waals surface area contributed by atoms with Crippen LogP contribution in [-0.2, 0) is 18.4 Å². The molecule has 0 saturated heterocycles. The molecule has 1 amide bonds. The predicted octanol–water partition coefficient (Wildman–Crippen LogP) is 17.0. The number of carbonyl (C=O) groups is 1. The van der Waals surface area contributed by atoms with Crippen LogP contribution in [0.2, 0.25) is 0 Å². The number of phosphoric acid groups is 1. The minimum Gasteiger partial charge on any atom is -0.387 e. The molecule has 0 heterocycles. The maximum Gasteiger partial charge on any atom is 0.472 e. The standard InChI is InChI=1S/C60H107N2O6P/c1-6-8-10-12-14-16-18-20-21-22-23-24-25-26-27-28-29-30-31-32-33-34-35-36-37-38-39-40-41-42-44-46-48-50-52-54-60(64)61-58(57-68-69(65,66)67-56-55-62(3,4)5)59(63)53-51-49-47-45-43-19-17-15-13-11-9-7-2/h8,10,14,16,20-21,23-24,26-27,29-30,32-33,51,53,58-59,63H,6-7,9,11-13,15,17-19,22,25,28,31,34-50,52,54-57H2,1-5H3,(H-,61,64,65,66)/p+1/b10-8-,16-14-,21-20-,24-23-,27-26-,30-29-,33-32-,53-51+. The van der Waals surface area contributed by atoms with Crippen LogP contribution in [0.15, 0.2) is 97.2 Å². The summed E-state index contributed by atoms with van der Waals surface area (Å²) >= 11 is 0. The Morgan fingerprint density at radius 1 is 0.507 bits per heavy atom. The van der Waals surface area contributed by atoms with Gasteiger partial charge in [-0.3, -0.25) is 13.8 Å². The third kappa shape index (κ3) is 53.1. The lowest BCUT2D eigenvalue weighted by molar-refractivity contribution is -0.870. The smallest absolute Gasteiger partial charge is 0.387 e. The molecule has 0 aromatic rings. The molecular formula is C60H108N2O6P+. The number of phosphoric ester groups is 1. The summed E-state index contributed by atoms with van der Waals surface area (Å²) < 4.78 is 23.6. The molecule has 0 aromatic carbocycles. The fourth-order valence-electron chi connectivity index (χ4n) is 7.67. The van der Waals surface area contributed by atoms with Gasteiger partial charge in [0, 0.05) is 6.42 Å². The number of hydrogen-bond acceptors (Lipinski definition) is 5. The van der Waals surface area contributed by atoms with Crippen molar-refractivity contribution in [3.8, 4) is 0 Å². The molecule has 398 valence electrons. The van der Waals surface area contributed by atoms with Gasteiger partial charge in [0.2, 0.25) is 5.91 Å². The van der Waals surface area contributed by atoms with Crippen LogP contribution in [0, 0.1) is 0 Å². The van der Waals surface area contributed by atoms with Crippen molar-refractivity contribution in [3.05, 3.63) is 97.2 Å². The number of hydrogen-bond donors (Lipinski definition) is 3. The normalized spacial score (nSPS) is 14.7. The largest absolute Gasteiger partial charge is 0.472 e. The van der Waals surface area contributed by atoms with Gasteiger partial charge in [0.1, 0.15) is 13.2 Å². The van der Waals surface area contributed by atoms with Gasteiger partial charge in [-0.15, -0.1) is 0 Å². The number of rotatable bonds is 50. The Hall–Kier alpha value is -2.58. The number of aliphatic hydroxyl groups is 1. The van der Waals surface area contributed by atoms with E-state index in [0.29, 0.717) is 17.4 Å². The second-order valence-electron chi connectivity index (χ2n) is 19.9. The van der Waals surface area contributed by atoms with Gasteiger partial charge in [0.05, 0.1) is 39.9 Å². The molecular weight excluding hydrogens is 876 g/mol. The molecule has 3 atom stereocenters. The van der Waals surface area contributed by atoms with Crippen LogP contribution in [0.4, 0.5) is 0 Å². The molecule has 0 bridgehead atoms. The number of allylic oxidation sites excluding steroid dienone is 15. The molecule has 9 heteroatoms. The summed E-state index contributed by atoms with van der Waals surface area (Å²) in [6.45, 7) is 4.68. The summed E-state index contributed by atoms with van der Waals surface area (Å²) in [4.78, 5) is 23.2. The average molecular weight is 985 g/mol. The zero-order valence-corrected chi connectivity index (χ0v) is 46.2. The number of nitrogens with zero attached hydrogens (tertiary/aromatic N) is 1. The van der Waals surface area contributed by atoms with Gasteiger partial charge in [0.25, 0.3) is 0 Å². The van der Waals surface area contributed by atoms with E-state index in [0.717, 1.165) is 83.5 Å². The van der Waals surface area contributed by atoms with Gasteiger partial charge >= 0.3 is 7.82 Å². The molecule has 0 spiro atoms. The molecule has 3 unspecified atom stereocenters. The first-order chi connectivity index (χ1) is 33.5. The van der Waals surface area contributed by atoms with Crippen LogP contribution in [0.3, 0.4) is 0 Å². The fourth-order valence-corrected chi connectivity index (χ4v) is 8.40. The molecule has 8 nitrogen and oxygen atoms in total. The quantitative estimate of drug-likeness (QED) is 0.0243. The number of amides is 1. The molecule has 69 heavy (non-hydrogen) atoms. The van der Waals surface area contributed by atoms with E-state index < -0.39 is 20.0 Å². The average Bonchev–Trinajstić information content (AvgIpc) is 3.31. The minimum absolute atomic E-state index is 0.0579. The number of carbonyl (C=O) groups excluding carboxylic acids is 1. The summed E-state index contributed by atoms with van der Waals surface area (Å²) in [5.74, 6) is -0.183. The zero-order valence-electron chi connectivity index (χ0n) is 45.3. The van der Waals surface area contributed by atoms with E-state index in [-0.39, 0.29) is 19.1 Å². The predicted molar refractivity (Wildman–Crippen MR) is 299 cm³/mol. The molecule has 0 aliphatic heterocycles. The first kappa shape index (κ1) is 66.4. The van der Waals surface area contributed by atoms with E-state index in [1.54, 1.807) is 6.08 Å². The van der Waals surface area contributed by atoms with Gasteiger partial charge < -0.3 is 19.8 Å². The Morgan fingerprint density at radius 3 is 1.28 bits per heavy atom. The van der Waals surface area contributed by atoms with Crippen molar-refractivity contribution in [2.45, 2.75) is 238 Å². The molecule has 0 aliphatic carbocycles. The Labute approximate surface area is 426 Å². The lowest BCUT2D eigenvalue weighted by atomic mass is 10.0. The summed E-state index contributed by atoms with van der Waals surface area (Å²) in [5.41, 5.74) is 0. The Balaban J connectivity index is 4.07. The highest BCUT2D eigenvalue weighted by Gasteiger charge is 2.27. The van der Waals surface area contributed by atoms with Crippen molar-refractivity contribution < 1.29 is 32.9 Å². The van der Waals surface area contributed by atoms with Crippen molar-refractivity contribution in [2.24, 2.45) is 0 Å². The zero-order chi connectivity index (χ0) is 50.6. The van der Waals surface area contributed by atoms with Crippen LogP contribution < -0.4 is 5.32 Å². The van der Waals surface area contributed by atoms with Crippen molar-refractivity contribution in [2.75, 3.05) is 40.9 Å². The van der Waals surface area contributed by atoms with Gasteiger partial charge in [-0.25, -0.2) is 4.57 Å². The van der Waals surface area contributed by atoms with Gasteiger partial charge in [0.15, 0.2) is 0 Å². The molecule has 3 N–H and O–H groups in total. The highest BCUT2D eigenvalue weighted by atomic mass is 31.2. The van der Waals surface area contributed by atoms with Crippen LogP contribution in [0.1, 0.15) is 226 Å². The number of nitrogens with one attached hydrogen (secondary N) is 1. The summed E-state index contributed by atoms with van der Waals surface area (Å²) in [6.07, 6.45) is 72.2. The number of quaternary nitrogens is 1. The Kier molecular flexibility index (Phi) is 48.5. The molecule has 0 radical (unpaired) electrons. The topological polar surface area (TPSA) is 105 Å². The van der Waals surface area contributed by atoms with E-state index in [1.807, 2.05) is 27.2 Å². The molecule has 0 aliphatic rings. The van der Waals surface area contributed by atoms with Crippen LogP contribution in [-0.4, -0.2) is 73.4 Å². The van der Waals surface area contributed by atoms with Crippen LogP contribution in [0.5, 0.6) is 0 Å². The summed E-state index contributed by atoms with van der Waals surface area (Å²) in [6, 6.07) is -0.851. The van der Waals surface area contributed by atoms with Crippen LogP contribution in [0.25, 0.3) is 0 Å². The first-order valence-corrected chi connectivity index (χ1v) is 29.6.